The third kappa shape index (κ3) is 5.15. The van der Waals surface area contributed by atoms with Gasteiger partial charge in [0.1, 0.15) is 11.2 Å². The summed E-state index contributed by atoms with van der Waals surface area (Å²) in [5, 5.41) is 15.3. The summed E-state index contributed by atoms with van der Waals surface area (Å²) < 4.78 is 0. The van der Waals surface area contributed by atoms with Crippen molar-refractivity contribution in [3.05, 3.63) is 79.2 Å². The van der Waals surface area contributed by atoms with Crippen LogP contribution in [0.25, 0.3) is 50.3 Å². The molecule has 6 rings (SSSR count). The van der Waals surface area contributed by atoms with Crippen molar-refractivity contribution in [3.63, 3.8) is 0 Å². The molecule has 0 aliphatic carbocycles. The molecule has 1 fully saturated rings. The number of aromatic amines is 2. The lowest BCUT2D eigenvalue weighted by molar-refractivity contribution is 0.373. The fourth-order valence-corrected chi connectivity index (χ4v) is 5.35. The van der Waals surface area contributed by atoms with E-state index >= 15 is 0 Å². The number of pyridine rings is 3. The topological polar surface area (TPSA) is 120 Å². The molecule has 0 bridgehead atoms. The number of aromatic nitrogens is 7. The Morgan fingerprint density at radius 2 is 1.95 bits per heavy atom. The number of rotatable bonds is 8. The van der Waals surface area contributed by atoms with Gasteiger partial charge in [-0.05, 0) is 75.9 Å². The van der Waals surface area contributed by atoms with Gasteiger partial charge < -0.3 is 15.6 Å². The minimum absolute atomic E-state index is 0.623. The number of nitrogens with zero attached hydrogens (tertiary/aromatic N) is 5. The molecular formula is C31H33N9. The first-order chi connectivity index (χ1) is 19.6. The van der Waals surface area contributed by atoms with E-state index in [-0.39, 0.29) is 0 Å². The summed E-state index contributed by atoms with van der Waals surface area (Å²) in [6, 6.07) is 6.10. The second-order valence-corrected chi connectivity index (χ2v) is 10.2. The number of piperidine rings is 1. The summed E-state index contributed by atoms with van der Waals surface area (Å²) >= 11 is 0. The van der Waals surface area contributed by atoms with Gasteiger partial charge in [-0.25, -0.2) is 9.97 Å². The van der Waals surface area contributed by atoms with Crippen molar-refractivity contribution in [3.8, 4) is 22.6 Å². The summed E-state index contributed by atoms with van der Waals surface area (Å²) in [6.45, 7) is 10.4. The van der Waals surface area contributed by atoms with E-state index in [0.29, 0.717) is 17.4 Å². The van der Waals surface area contributed by atoms with E-state index in [0.717, 1.165) is 75.4 Å². The number of nitrogens with one attached hydrogen (secondary N) is 4. The van der Waals surface area contributed by atoms with Gasteiger partial charge in [-0.15, -0.1) is 0 Å². The Balaban J connectivity index is 1.30. The van der Waals surface area contributed by atoms with E-state index in [4.69, 9.17) is 4.98 Å². The average Bonchev–Trinajstić information content (AvgIpc) is 3.60. The van der Waals surface area contributed by atoms with Gasteiger partial charge in [0, 0.05) is 35.4 Å². The molecule has 40 heavy (non-hydrogen) atoms. The molecule has 1 aliphatic rings. The van der Waals surface area contributed by atoms with Crippen LogP contribution in [-0.2, 0) is 0 Å². The molecule has 9 nitrogen and oxygen atoms in total. The second-order valence-electron chi connectivity index (χ2n) is 10.2. The van der Waals surface area contributed by atoms with Crippen LogP contribution in [0.3, 0.4) is 0 Å². The first kappa shape index (κ1) is 25.6. The fraction of sp³-hybridized carbons (Fsp3) is 0.258. The maximum absolute atomic E-state index is 4.93. The number of imidazole rings is 1. The molecule has 0 spiro atoms. The maximum atomic E-state index is 4.93. The summed E-state index contributed by atoms with van der Waals surface area (Å²) in [4.78, 5) is 22.1. The predicted octanol–water partition coefficient (Wildman–Crippen LogP) is 6.25. The molecule has 5 aromatic heterocycles. The summed E-state index contributed by atoms with van der Waals surface area (Å²) in [7, 11) is 0. The molecule has 0 radical (unpaired) electrons. The van der Waals surface area contributed by atoms with Gasteiger partial charge in [-0.3, -0.25) is 15.1 Å². The van der Waals surface area contributed by atoms with Crippen molar-refractivity contribution in [1.29, 1.82) is 0 Å². The zero-order valence-electron chi connectivity index (χ0n) is 22.8. The highest BCUT2D eigenvalue weighted by atomic mass is 15.2. The summed E-state index contributed by atoms with van der Waals surface area (Å²) in [6.07, 6.45) is 16.7. The minimum atomic E-state index is 0.623. The van der Waals surface area contributed by atoms with Crippen LogP contribution in [0.4, 0.5) is 5.69 Å². The molecular weight excluding hydrogens is 498 g/mol. The molecule has 5 aromatic rings. The van der Waals surface area contributed by atoms with Crippen molar-refractivity contribution in [2.75, 3.05) is 18.4 Å². The van der Waals surface area contributed by atoms with Gasteiger partial charge in [0.05, 0.1) is 28.5 Å². The molecule has 202 valence electrons. The predicted molar refractivity (Wildman–Crippen MR) is 161 cm³/mol. The highest BCUT2D eigenvalue weighted by molar-refractivity contribution is 5.96. The van der Waals surface area contributed by atoms with Crippen LogP contribution >= 0.6 is 0 Å². The van der Waals surface area contributed by atoms with E-state index in [1.54, 1.807) is 6.20 Å². The SMILES string of the molecule is C=C(CC1CCNCC1)Nc1cncc(-c2cnc3n[nH]c(-c4nc5c(C(/C=C\C)=C/C)nccc5[nH]4)c3c2)c1. The normalized spacial score (nSPS) is 14.9. The molecule has 0 amide bonds. The van der Waals surface area contributed by atoms with E-state index < -0.39 is 0 Å². The molecule has 9 heteroatoms. The van der Waals surface area contributed by atoms with Crippen molar-refractivity contribution in [1.82, 2.24) is 40.4 Å². The minimum Gasteiger partial charge on any atom is -0.358 e. The van der Waals surface area contributed by atoms with Gasteiger partial charge in [0.2, 0.25) is 0 Å². The molecule has 4 N–H and O–H groups in total. The van der Waals surface area contributed by atoms with Gasteiger partial charge in [-0.1, -0.05) is 24.8 Å². The Morgan fingerprint density at radius 3 is 2.77 bits per heavy atom. The Kier molecular flexibility index (Phi) is 7.20. The highest BCUT2D eigenvalue weighted by Gasteiger charge is 2.17. The third-order valence-electron chi connectivity index (χ3n) is 7.36. The molecule has 1 saturated heterocycles. The first-order valence-electron chi connectivity index (χ1n) is 13.7. The first-order valence-corrected chi connectivity index (χ1v) is 13.7. The highest BCUT2D eigenvalue weighted by Crippen LogP contribution is 2.31. The number of allylic oxidation sites excluding steroid dienone is 5. The van der Waals surface area contributed by atoms with Gasteiger partial charge in [0.15, 0.2) is 11.5 Å². The van der Waals surface area contributed by atoms with E-state index in [9.17, 15) is 0 Å². The molecule has 0 unspecified atom stereocenters. The zero-order chi connectivity index (χ0) is 27.5. The number of H-pyrrole nitrogens is 2. The lowest BCUT2D eigenvalue weighted by Crippen LogP contribution is -2.28. The Bertz CT molecular complexity index is 1730. The standard InChI is InChI=1S/C31H33N9/c1-4-6-21(5-2)27-29-26(9-12-34-27)37-31(38-29)28-25-15-23(17-35-30(25)40-39-28)22-14-24(18-33-16-22)36-19(3)13-20-7-10-32-11-8-20/h4-6,9,12,14-18,20,32,36H,3,7-8,10-11,13H2,1-2H3,(H,37,38)(H,35,39,40)/b6-4-,21-5+. The second kappa shape index (κ2) is 11.2. The maximum Gasteiger partial charge on any atom is 0.181 e. The van der Waals surface area contributed by atoms with Crippen LogP contribution in [0.2, 0.25) is 0 Å². The van der Waals surface area contributed by atoms with Gasteiger partial charge in [-0.2, -0.15) is 5.10 Å². The third-order valence-corrected chi connectivity index (χ3v) is 7.36. The van der Waals surface area contributed by atoms with Crippen LogP contribution in [0.1, 0.15) is 38.8 Å². The largest absolute Gasteiger partial charge is 0.358 e. The average molecular weight is 532 g/mol. The van der Waals surface area contributed by atoms with E-state index in [2.05, 4.69) is 59.5 Å². The van der Waals surface area contributed by atoms with Crippen LogP contribution in [0.15, 0.2) is 73.5 Å². The molecule has 0 saturated carbocycles. The van der Waals surface area contributed by atoms with Crippen LogP contribution in [-0.4, -0.2) is 48.2 Å². The summed E-state index contributed by atoms with van der Waals surface area (Å²) in [5.41, 5.74) is 8.80. The number of anilines is 1. The Morgan fingerprint density at radius 1 is 1.10 bits per heavy atom. The molecule has 6 heterocycles. The van der Waals surface area contributed by atoms with Crippen LogP contribution in [0.5, 0.6) is 0 Å². The van der Waals surface area contributed by atoms with Crippen LogP contribution < -0.4 is 10.6 Å². The zero-order valence-corrected chi connectivity index (χ0v) is 22.8. The molecule has 0 aromatic carbocycles. The number of hydrogen-bond acceptors (Lipinski definition) is 7. The van der Waals surface area contributed by atoms with Crippen molar-refractivity contribution < 1.29 is 0 Å². The lowest BCUT2D eigenvalue weighted by Gasteiger charge is -2.23. The van der Waals surface area contributed by atoms with Gasteiger partial charge >= 0.3 is 0 Å². The van der Waals surface area contributed by atoms with Crippen molar-refractivity contribution in [2.24, 2.45) is 5.92 Å². The fourth-order valence-electron chi connectivity index (χ4n) is 5.35. The van der Waals surface area contributed by atoms with Crippen molar-refractivity contribution >= 4 is 33.3 Å². The lowest BCUT2D eigenvalue weighted by atomic mass is 9.93. The summed E-state index contributed by atoms with van der Waals surface area (Å²) in [5.74, 6) is 1.35. The van der Waals surface area contributed by atoms with Gasteiger partial charge in [0.25, 0.3) is 0 Å². The number of fused-ring (bicyclic) bond motifs is 2. The van der Waals surface area contributed by atoms with E-state index in [1.807, 2.05) is 56.7 Å². The number of hydrogen-bond donors (Lipinski definition) is 4. The Labute approximate surface area is 233 Å². The quantitative estimate of drug-likeness (QED) is 0.175. The van der Waals surface area contributed by atoms with Crippen LogP contribution in [0, 0.1) is 5.92 Å². The Hall–Kier alpha value is -4.63. The monoisotopic (exact) mass is 531 g/mol. The van der Waals surface area contributed by atoms with Crippen molar-refractivity contribution in [2.45, 2.75) is 33.1 Å². The van der Waals surface area contributed by atoms with E-state index in [1.165, 1.54) is 12.8 Å². The molecule has 1 aliphatic heterocycles. The smallest absolute Gasteiger partial charge is 0.181 e. The molecule has 0 atom stereocenters.